The smallest absolute Gasteiger partial charge is 0.248 e. The number of nitrogens with zero attached hydrogens (tertiary/aromatic N) is 1. The van der Waals surface area contributed by atoms with Crippen LogP contribution in [0, 0.1) is 5.92 Å². The quantitative estimate of drug-likeness (QED) is 0.0453. The van der Waals surface area contributed by atoms with Crippen molar-refractivity contribution in [1.82, 2.24) is 31.5 Å². The van der Waals surface area contributed by atoms with Crippen molar-refractivity contribution >= 4 is 86.2 Å². The normalized spacial score (nSPS) is 21.2. The van der Waals surface area contributed by atoms with Gasteiger partial charge in [-0.25, -0.2) is 0 Å². The van der Waals surface area contributed by atoms with Crippen LogP contribution in [0.5, 0.6) is 11.5 Å². The summed E-state index contributed by atoms with van der Waals surface area (Å²) in [5, 5.41) is 45.0. The maximum Gasteiger partial charge on any atom is 0.248 e. The number of carbonyl (C=O) groups excluding carboxylic acids is 9. The molecule has 9 atom stereocenters. The zero-order valence-electron chi connectivity index (χ0n) is 44.2. The summed E-state index contributed by atoms with van der Waals surface area (Å²) >= 11 is 6.08. The van der Waals surface area contributed by atoms with E-state index in [0.717, 1.165) is 26.5 Å². The van der Waals surface area contributed by atoms with Gasteiger partial charge >= 0.3 is 0 Å². The molecule has 1 fully saturated rings. The van der Waals surface area contributed by atoms with Gasteiger partial charge < -0.3 is 69.7 Å². The molecule has 22 nitrogen and oxygen atoms in total. The number of ketones is 1. The minimum Gasteiger partial charge on any atom is -0.508 e. The van der Waals surface area contributed by atoms with Gasteiger partial charge in [0.15, 0.2) is 5.78 Å². The zero-order valence-corrected chi connectivity index (χ0v) is 46.6. The van der Waals surface area contributed by atoms with Gasteiger partial charge in [-0.15, -0.1) is 0 Å². The Kier molecular flexibility index (Phi) is 24.6. The van der Waals surface area contributed by atoms with E-state index in [-0.39, 0.29) is 67.2 Å². The van der Waals surface area contributed by atoms with Crippen LogP contribution in [0.25, 0.3) is 0 Å². The molecule has 25 heteroatoms. The van der Waals surface area contributed by atoms with Crippen molar-refractivity contribution in [3.05, 3.63) is 130 Å². The van der Waals surface area contributed by atoms with E-state index in [9.17, 15) is 58.5 Å². The van der Waals surface area contributed by atoms with Gasteiger partial charge in [-0.3, -0.25) is 43.2 Å². The monoisotopic (exact) mass is 1160 g/mol. The average molecular weight is 1160 g/mol. The molecule has 0 radical (unpaired) electrons. The summed E-state index contributed by atoms with van der Waals surface area (Å²) in [7, 11) is 3.21. The number of likely N-dealkylation sites (N-methyl/N-ethyl adjacent to an activating group) is 1. The fourth-order valence-corrected chi connectivity index (χ4v) is 11.2. The van der Waals surface area contributed by atoms with Crippen molar-refractivity contribution in [2.24, 2.45) is 28.9 Å². The second-order valence-corrected chi connectivity index (χ2v) is 22.5. The number of halogens is 1. The fraction of sp³-hybridized carbons (Fsp3) is 0.400. The number of amides is 8. The van der Waals surface area contributed by atoms with Gasteiger partial charge in [-0.1, -0.05) is 81.7 Å². The van der Waals surface area contributed by atoms with E-state index in [4.69, 9.17) is 34.5 Å². The Morgan fingerprint density at radius 2 is 1.27 bits per heavy atom. The number of nitrogens with one attached hydrogen (secondary N) is 5. The zero-order chi connectivity index (χ0) is 58.6. The fourth-order valence-electron chi connectivity index (χ4n) is 8.72. The van der Waals surface area contributed by atoms with E-state index in [1.807, 2.05) is 0 Å². The molecular weight excluding hydrogens is 1090 g/mol. The highest BCUT2D eigenvalue weighted by Gasteiger charge is 2.39. The lowest BCUT2D eigenvalue weighted by Gasteiger charge is -2.34. The van der Waals surface area contributed by atoms with Crippen LogP contribution < -0.4 is 49.5 Å². The third kappa shape index (κ3) is 19.5. The standard InChI is InChI=1S/C55H69ClN10O12S2/c1-30(67)47-54(77)65-45(53(76)62-42(49(60)72)25-34-12-20-39(69)21-13-34)29-80-79-28-44(64-51(74)40(58)24-32-8-16-37(56)17-9-32)46(70)27-36(23-31-10-18-38(68)19-11-31)50(73)63-43(26-33-6-14-35(15-7-33)48(59)71)52(75)61-41(5-3-4-22-57)55(78)66(47)2/h6-21,30,36,40-45,47,67-69H,3-5,22-29,57-58H2,1-2H3,(H2,59,71)(H2,60,72)(H,61,75)(H,62,76)(H,63,73)(H,64,74)(H,65,77)/t30-,36-,40+,41+,42-,43-,44-,45+,47+/m1/s1. The molecule has 1 saturated heterocycles. The number of phenols is 2. The van der Waals surface area contributed by atoms with Crippen LogP contribution >= 0.6 is 33.2 Å². The van der Waals surface area contributed by atoms with Gasteiger partial charge in [-0.2, -0.15) is 0 Å². The molecule has 4 aromatic rings. The summed E-state index contributed by atoms with van der Waals surface area (Å²) in [5.41, 5.74) is 25.8. The number of aromatic hydroxyl groups is 2. The van der Waals surface area contributed by atoms with Crippen LogP contribution in [-0.4, -0.2) is 147 Å². The molecule has 0 spiro atoms. The Morgan fingerprint density at radius 1 is 0.725 bits per heavy atom. The minimum atomic E-state index is -1.70. The van der Waals surface area contributed by atoms with Crippen molar-refractivity contribution in [3.8, 4) is 11.5 Å². The van der Waals surface area contributed by atoms with Crippen molar-refractivity contribution in [1.29, 1.82) is 0 Å². The number of rotatable bonds is 19. The SMILES string of the molecule is C[C@@H](O)[C@H]1C(=O)N[C@H](C(=O)N[C@H](Cc2ccc(O)cc2)C(N)=O)CSSC[C@@H](NC(=O)[C@@H](N)Cc2ccc(Cl)cc2)C(=O)C[C@@H](Cc2ccc(O)cc2)C(=O)N[C@H](Cc2ccc(C(N)=O)cc2)C(=O)N[C@@H](CCCCN)C(=O)N1C. The van der Waals surface area contributed by atoms with Crippen LogP contribution in [0.4, 0.5) is 0 Å². The van der Waals surface area contributed by atoms with E-state index < -0.39 is 114 Å². The molecule has 0 aromatic heterocycles. The molecule has 0 saturated carbocycles. The van der Waals surface area contributed by atoms with Crippen LogP contribution in [0.1, 0.15) is 65.2 Å². The third-order valence-electron chi connectivity index (χ3n) is 13.2. The first-order valence-electron chi connectivity index (χ1n) is 25.7. The molecule has 1 heterocycles. The lowest BCUT2D eigenvalue weighted by atomic mass is 9.90. The molecule has 1 aliphatic rings. The molecule has 16 N–H and O–H groups in total. The maximum atomic E-state index is 14.8. The average Bonchev–Trinajstić information content (AvgIpc) is 3.44. The van der Waals surface area contributed by atoms with Crippen LogP contribution in [0.15, 0.2) is 97.1 Å². The minimum absolute atomic E-state index is 0.0306. The van der Waals surface area contributed by atoms with Gasteiger partial charge in [0.25, 0.3) is 0 Å². The van der Waals surface area contributed by atoms with Gasteiger partial charge in [-0.05, 0) is 116 Å². The van der Waals surface area contributed by atoms with Crippen LogP contribution in [0.3, 0.4) is 0 Å². The summed E-state index contributed by atoms with van der Waals surface area (Å²) < 4.78 is 0. The molecule has 4 aromatic carbocycles. The second-order valence-electron chi connectivity index (χ2n) is 19.5. The predicted molar refractivity (Wildman–Crippen MR) is 303 cm³/mol. The first-order chi connectivity index (χ1) is 38.0. The summed E-state index contributed by atoms with van der Waals surface area (Å²) in [6.45, 7) is 1.46. The summed E-state index contributed by atoms with van der Waals surface area (Å²) in [6, 6.07) is 14.3. The van der Waals surface area contributed by atoms with E-state index >= 15 is 0 Å². The molecule has 5 rings (SSSR count). The van der Waals surface area contributed by atoms with Gasteiger partial charge in [0, 0.05) is 54.3 Å². The topological polar surface area (TPSA) is 382 Å². The Bertz CT molecular complexity index is 2800. The number of aliphatic hydroxyl groups excluding tert-OH is 1. The molecule has 0 bridgehead atoms. The van der Waals surface area contributed by atoms with Crippen molar-refractivity contribution < 1.29 is 58.5 Å². The van der Waals surface area contributed by atoms with Crippen LogP contribution in [0.2, 0.25) is 5.02 Å². The Balaban J connectivity index is 1.60. The number of unbranched alkanes of at least 4 members (excludes halogenated alkanes) is 1. The number of nitrogens with two attached hydrogens (primary N) is 4. The van der Waals surface area contributed by atoms with Crippen LogP contribution in [-0.2, 0) is 64.0 Å². The van der Waals surface area contributed by atoms with E-state index in [2.05, 4.69) is 26.6 Å². The lowest BCUT2D eigenvalue weighted by Crippen LogP contribution is -2.62. The number of aliphatic hydroxyl groups is 1. The Hall–Kier alpha value is -7.22. The third-order valence-corrected chi connectivity index (χ3v) is 15.9. The first-order valence-corrected chi connectivity index (χ1v) is 28.6. The summed E-state index contributed by atoms with van der Waals surface area (Å²) in [5.74, 6) is -9.29. The number of phenolic OH excluding ortho intramolecular Hbond substituents is 2. The molecule has 430 valence electrons. The highest BCUT2D eigenvalue weighted by atomic mass is 35.5. The summed E-state index contributed by atoms with van der Waals surface area (Å²) in [4.78, 5) is 127. The first kappa shape index (κ1) is 63.6. The molecular formula is C55H69ClN10O12S2. The number of Topliss-reactive ketones (excluding diaryl/α,β-unsaturated/α-hetero) is 1. The largest absolute Gasteiger partial charge is 0.508 e. The number of benzene rings is 4. The molecule has 0 aliphatic carbocycles. The van der Waals surface area contributed by atoms with Crippen molar-refractivity contribution in [2.45, 2.75) is 107 Å². The highest BCUT2D eigenvalue weighted by Crippen LogP contribution is 2.26. The maximum absolute atomic E-state index is 14.8. The Labute approximate surface area is 476 Å². The number of hydrogen-bond acceptors (Lipinski definition) is 16. The van der Waals surface area contributed by atoms with Gasteiger partial charge in [0.2, 0.25) is 47.3 Å². The lowest BCUT2D eigenvalue weighted by molar-refractivity contribution is -0.146. The van der Waals surface area contributed by atoms with E-state index in [0.29, 0.717) is 40.1 Å². The van der Waals surface area contributed by atoms with Crippen molar-refractivity contribution in [2.75, 3.05) is 25.1 Å². The van der Waals surface area contributed by atoms with Gasteiger partial charge in [0.05, 0.1) is 18.2 Å². The molecule has 1 aliphatic heterocycles. The molecule has 0 unspecified atom stereocenters. The predicted octanol–water partition coefficient (Wildman–Crippen LogP) is 0.665. The summed E-state index contributed by atoms with van der Waals surface area (Å²) in [6.07, 6.45) is -1.86. The highest BCUT2D eigenvalue weighted by molar-refractivity contribution is 8.76. The number of primary amides is 2. The molecule has 8 amide bonds. The molecule has 80 heavy (non-hydrogen) atoms. The second kappa shape index (κ2) is 31.0. The van der Waals surface area contributed by atoms with E-state index in [1.165, 1.54) is 74.6 Å². The van der Waals surface area contributed by atoms with Crippen molar-refractivity contribution in [3.63, 3.8) is 0 Å². The Morgan fingerprint density at radius 3 is 1.86 bits per heavy atom. The van der Waals surface area contributed by atoms with E-state index in [1.54, 1.807) is 36.4 Å². The number of carbonyl (C=O) groups is 9. The van der Waals surface area contributed by atoms with Gasteiger partial charge in [0.1, 0.15) is 41.7 Å². The number of hydrogen-bond donors (Lipinski definition) is 12.